The Kier molecular flexibility index (Phi) is 7.54. The van der Waals surface area contributed by atoms with Gasteiger partial charge in [-0.2, -0.15) is 0 Å². The van der Waals surface area contributed by atoms with Crippen LogP contribution in [0.2, 0.25) is 0 Å². The van der Waals surface area contributed by atoms with Crippen LogP contribution in [0.3, 0.4) is 0 Å². The van der Waals surface area contributed by atoms with E-state index in [0.717, 1.165) is 0 Å². The fourth-order valence-electron chi connectivity index (χ4n) is 3.71. The van der Waals surface area contributed by atoms with E-state index in [2.05, 4.69) is 0 Å². The first-order valence-electron chi connectivity index (χ1n) is 11.1. The smallest absolute Gasteiger partial charge is 0.338 e. The lowest BCUT2D eigenvalue weighted by Crippen LogP contribution is -2.60. The van der Waals surface area contributed by atoms with Crippen LogP contribution in [0.15, 0.2) is 91.0 Å². The molecule has 1 fully saturated rings. The number of carbonyl (C=O) groups excluding carboxylic acids is 3. The van der Waals surface area contributed by atoms with E-state index in [0.29, 0.717) is 0 Å². The number of aliphatic hydroxyl groups is 1. The summed E-state index contributed by atoms with van der Waals surface area (Å²) in [7, 11) is 0. The lowest BCUT2D eigenvalue weighted by atomic mass is 9.98. The molecular weight excluding hydrogens is 452 g/mol. The van der Waals surface area contributed by atoms with Crippen LogP contribution in [0.1, 0.15) is 38.0 Å². The first-order valence-corrected chi connectivity index (χ1v) is 11.1. The molecule has 0 aliphatic carbocycles. The monoisotopic (exact) mass is 476 g/mol. The summed E-state index contributed by atoms with van der Waals surface area (Å²) < 4.78 is 22.4. The predicted octanol–water partition coefficient (Wildman–Crippen LogP) is 3.40. The molecule has 35 heavy (non-hydrogen) atoms. The van der Waals surface area contributed by atoms with Crippen molar-refractivity contribution in [3.05, 3.63) is 108 Å². The molecule has 2 unspecified atom stereocenters. The maximum Gasteiger partial charge on any atom is 0.338 e. The molecule has 8 nitrogen and oxygen atoms in total. The molecule has 1 saturated heterocycles. The molecule has 1 aliphatic heterocycles. The van der Waals surface area contributed by atoms with E-state index in [1.165, 1.54) is 0 Å². The Labute approximate surface area is 202 Å². The fourth-order valence-corrected chi connectivity index (χ4v) is 3.71. The summed E-state index contributed by atoms with van der Waals surface area (Å²) >= 11 is 0. The zero-order valence-corrected chi connectivity index (χ0v) is 18.9. The number of esters is 3. The van der Waals surface area contributed by atoms with Gasteiger partial charge in [0.15, 0.2) is 24.6 Å². The van der Waals surface area contributed by atoms with Crippen LogP contribution in [-0.2, 0) is 18.9 Å². The van der Waals surface area contributed by atoms with Crippen molar-refractivity contribution >= 4 is 17.9 Å². The van der Waals surface area contributed by atoms with Crippen molar-refractivity contribution in [3.8, 4) is 0 Å². The third-order valence-corrected chi connectivity index (χ3v) is 5.50. The molecule has 0 radical (unpaired) electrons. The summed E-state index contributed by atoms with van der Waals surface area (Å²) in [6, 6.07) is 24.6. The number of rotatable bonds is 6. The molecule has 1 aliphatic rings. The molecule has 3 aromatic rings. The number of carbonyl (C=O) groups is 3. The minimum atomic E-state index is -1.63. The molecule has 0 amide bonds. The van der Waals surface area contributed by atoms with Crippen molar-refractivity contribution in [1.82, 2.24) is 0 Å². The van der Waals surface area contributed by atoms with Gasteiger partial charge in [-0.05, 0) is 43.3 Å². The van der Waals surface area contributed by atoms with Crippen LogP contribution in [-0.4, -0.2) is 53.7 Å². The van der Waals surface area contributed by atoms with Gasteiger partial charge in [0, 0.05) is 0 Å². The molecule has 180 valence electrons. The third kappa shape index (κ3) is 5.74. The zero-order valence-electron chi connectivity index (χ0n) is 18.9. The topological polar surface area (TPSA) is 108 Å². The molecule has 0 saturated carbocycles. The molecule has 8 heteroatoms. The minimum absolute atomic E-state index is 0.226. The molecule has 0 aromatic heterocycles. The maximum absolute atomic E-state index is 12.9. The first-order chi connectivity index (χ1) is 16.9. The van der Waals surface area contributed by atoms with Gasteiger partial charge in [0.05, 0.1) is 22.8 Å². The van der Waals surface area contributed by atoms with Crippen LogP contribution in [0.25, 0.3) is 0 Å². The number of benzene rings is 3. The van der Waals surface area contributed by atoms with Gasteiger partial charge in [0.25, 0.3) is 0 Å². The summed E-state index contributed by atoms with van der Waals surface area (Å²) in [5.74, 6) is -2.18. The highest BCUT2D eigenvalue weighted by Crippen LogP contribution is 2.29. The Hall–Kier alpha value is -4.01. The van der Waals surface area contributed by atoms with Gasteiger partial charge in [-0.25, -0.2) is 14.4 Å². The van der Waals surface area contributed by atoms with Crippen molar-refractivity contribution in [2.24, 2.45) is 0 Å². The summed E-state index contributed by atoms with van der Waals surface area (Å²) in [6.45, 7) is 1.56. The van der Waals surface area contributed by atoms with Gasteiger partial charge < -0.3 is 24.1 Å². The standard InChI is InChI=1S/C27H24O8/c1-17-21(33-24(28)18-11-5-2-6-12-18)22(34-25(29)19-13-7-3-8-14-19)23(27(31)32-17)35-26(30)20-15-9-4-10-16-20/h2-17,21-23,27,31H,1H3/t17?,21-,22-,23?,27+/m0/s1. The molecule has 1 N–H and O–H groups in total. The molecule has 5 atom stereocenters. The van der Waals surface area contributed by atoms with Gasteiger partial charge in [-0.1, -0.05) is 54.6 Å². The van der Waals surface area contributed by atoms with Crippen molar-refractivity contribution in [1.29, 1.82) is 0 Å². The zero-order chi connectivity index (χ0) is 24.8. The normalized spacial score (nSPS) is 23.7. The van der Waals surface area contributed by atoms with Crippen molar-refractivity contribution < 1.29 is 38.4 Å². The number of hydrogen-bond acceptors (Lipinski definition) is 8. The molecule has 0 bridgehead atoms. The highest BCUT2D eigenvalue weighted by molar-refractivity contribution is 5.91. The highest BCUT2D eigenvalue weighted by Gasteiger charge is 2.50. The summed E-state index contributed by atoms with van der Waals surface area (Å²) in [5, 5.41) is 10.6. The van der Waals surface area contributed by atoms with E-state index in [4.69, 9.17) is 18.9 Å². The van der Waals surface area contributed by atoms with Gasteiger partial charge in [0.2, 0.25) is 0 Å². The Balaban J connectivity index is 1.63. The first kappa shape index (κ1) is 24.1. The van der Waals surface area contributed by atoms with E-state index >= 15 is 0 Å². The molecule has 0 spiro atoms. The van der Waals surface area contributed by atoms with Gasteiger partial charge in [-0.15, -0.1) is 0 Å². The van der Waals surface area contributed by atoms with Crippen LogP contribution >= 0.6 is 0 Å². The highest BCUT2D eigenvalue weighted by atomic mass is 16.7. The van der Waals surface area contributed by atoms with Crippen LogP contribution < -0.4 is 0 Å². The SMILES string of the molecule is CC1O[C@@H](O)C(OC(=O)c2ccccc2)[C@@H](OC(=O)c2ccccc2)[C@H]1OC(=O)c1ccccc1. The Bertz CT molecular complexity index is 1080. The second-order valence-corrected chi connectivity index (χ2v) is 7.94. The molecular formula is C27H24O8. The second kappa shape index (κ2) is 10.9. The molecule has 4 rings (SSSR count). The average Bonchev–Trinajstić information content (AvgIpc) is 2.89. The molecule has 1 heterocycles. The maximum atomic E-state index is 12.9. The van der Waals surface area contributed by atoms with Gasteiger partial charge >= 0.3 is 17.9 Å². The van der Waals surface area contributed by atoms with E-state index < -0.39 is 48.6 Å². The summed E-state index contributed by atoms with van der Waals surface area (Å²) in [6.07, 6.45) is -6.48. The van der Waals surface area contributed by atoms with Crippen LogP contribution in [0.5, 0.6) is 0 Å². The minimum Gasteiger partial charge on any atom is -0.452 e. The van der Waals surface area contributed by atoms with Crippen molar-refractivity contribution in [3.63, 3.8) is 0 Å². The van der Waals surface area contributed by atoms with E-state index in [-0.39, 0.29) is 16.7 Å². The summed E-state index contributed by atoms with van der Waals surface area (Å²) in [4.78, 5) is 38.5. The van der Waals surface area contributed by atoms with E-state index in [1.807, 2.05) is 0 Å². The fraction of sp³-hybridized carbons (Fsp3) is 0.222. The summed E-state index contributed by atoms with van der Waals surface area (Å²) in [5.41, 5.74) is 0.739. The van der Waals surface area contributed by atoms with Gasteiger partial charge in [-0.3, -0.25) is 0 Å². The third-order valence-electron chi connectivity index (χ3n) is 5.50. The number of hydrogen-bond donors (Lipinski definition) is 1. The predicted molar refractivity (Wildman–Crippen MR) is 123 cm³/mol. The van der Waals surface area contributed by atoms with Gasteiger partial charge in [0.1, 0.15) is 0 Å². The second-order valence-electron chi connectivity index (χ2n) is 7.94. The van der Waals surface area contributed by atoms with E-state index in [9.17, 15) is 19.5 Å². The van der Waals surface area contributed by atoms with Crippen LogP contribution in [0.4, 0.5) is 0 Å². The van der Waals surface area contributed by atoms with Crippen molar-refractivity contribution in [2.75, 3.05) is 0 Å². The average molecular weight is 476 g/mol. The Morgan fingerprint density at radius 1 is 0.600 bits per heavy atom. The lowest BCUT2D eigenvalue weighted by molar-refractivity contribution is -0.275. The molecule has 3 aromatic carbocycles. The van der Waals surface area contributed by atoms with E-state index in [1.54, 1.807) is 97.9 Å². The Morgan fingerprint density at radius 2 is 0.943 bits per heavy atom. The number of ether oxygens (including phenoxy) is 4. The number of aliphatic hydroxyl groups excluding tert-OH is 1. The quantitative estimate of drug-likeness (QED) is 0.426. The lowest BCUT2D eigenvalue weighted by Gasteiger charge is -2.42. The Morgan fingerprint density at radius 3 is 1.34 bits per heavy atom. The largest absolute Gasteiger partial charge is 0.452 e. The van der Waals surface area contributed by atoms with Crippen molar-refractivity contribution in [2.45, 2.75) is 37.6 Å². The van der Waals surface area contributed by atoms with Crippen LogP contribution in [0, 0.1) is 0 Å².